The maximum absolute atomic E-state index is 12.4. The van der Waals surface area contributed by atoms with E-state index in [-0.39, 0.29) is 19.1 Å². The van der Waals surface area contributed by atoms with Crippen LogP contribution in [0.2, 0.25) is 0 Å². The number of anilines is 1. The number of rotatable bonds is 7. The van der Waals surface area contributed by atoms with Crippen molar-refractivity contribution in [1.29, 1.82) is 0 Å². The van der Waals surface area contributed by atoms with Crippen LogP contribution < -0.4 is 10.2 Å². The van der Waals surface area contributed by atoms with Crippen molar-refractivity contribution in [2.75, 3.05) is 31.1 Å². The summed E-state index contributed by atoms with van der Waals surface area (Å²) in [5.74, 6) is -0.0267. The number of nitrogens with one attached hydrogen (secondary N) is 1. The monoisotopic (exact) mass is 472 g/mol. The van der Waals surface area contributed by atoms with Crippen molar-refractivity contribution in [2.45, 2.75) is 37.4 Å². The van der Waals surface area contributed by atoms with Gasteiger partial charge in [0.2, 0.25) is 0 Å². The number of aliphatic hydroxyl groups is 2. The van der Waals surface area contributed by atoms with E-state index in [1.165, 1.54) is 30.4 Å². The molecule has 0 radical (unpaired) electrons. The number of carbonyl (C=O) groups excluding carboxylic acids is 1. The molecule has 0 bridgehead atoms. The number of aliphatic hydroxyl groups excluding tert-OH is 2. The van der Waals surface area contributed by atoms with Crippen LogP contribution in [0.25, 0.3) is 11.1 Å². The van der Waals surface area contributed by atoms with Gasteiger partial charge in [-0.15, -0.1) is 0 Å². The Labute approximate surface area is 206 Å². The van der Waals surface area contributed by atoms with E-state index in [9.17, 15) is 15.0 Å². The Kier molecular flexibility index (Phi) is 7.02. The van der Waals surface area contributed by atoms with Gasteiger partial charge in [-0.25, -0.2) is 4.79 Å². The van der Waals surface area contributed by atoms with Crippen LogP contribution in [0.3, 0.4) is 0 Å². The highest BCUT2D eigenvalue weighted by Crippen LogP contribution is 2.44. The molecule has 2 unspecified atom stereocenters. The molecule has 2 aliphatic rings. The molecule has 3 aromatic carbocycles. The van der Waals surface area contributed by atoms with E-state index in [0.29, 0.717) is 5.56 Å². The van der Waals surface area contributed by atoms with Gasteiger partial charge >= 0.3 is 6.09 Å². The van der Waals surface area contributed by atoms with Crippen LogP contribution in [-0.2, 0) is 4.74 Å². The Hall–Kier alpha value is -3.35. The lowest BCUT2D eigenvalue weighted by Gasteiger charge is -2.29. The van der Waals surface area contributed by atoms with E-state index in [1.807, 2.05) is 42.5 Å². The van der Waals surface area contributed by atoms with Crippen LogP contribution in [0.1, 0.15) is 48.0 Å². The smallest absolute Gasteiger partial charge is 0.407 e. The normalized spacial score (nSPS) is 16.8. The fourth-order valence-corrected chi connectivity index (χ4v) is 5.23. The molecule has 1 aliphatic heterocycles. The summed E-state index contributed by atoms with van der Waals surface area (Å²) in [6, 6.07) is 24.0. The minimum absolute atomic E-state index is 0.0267. The third kappa shape index (κ3) is 5.04. The Morgan fingerprint density at radius 2 is 1.57 bits per heavy atom. The van der Waals surface area contributed by atoms with Gasteiger partial charge in [0.1, 0.15) is 18.8 Å². The summed E-state index contributed by atoms with van der Waals surface area (Å²) in [5.41, 5.74) is 6.31. The first kappa shape index (κ1) is 23.4. The number of fused-ring (bicyclic) bond motifs is 3. The van der Waals surface area contributed by atoms with Gasteiger partial charge in [-0.1, -0.05) is 60.7 Å². The molecular formula is C29H32N2O4. The van der Waals surface area contributed by atoms with Crippen LogP contribution in [0.15, 0.2) is 72.8 Å². The van der Waals surface area contributed by atoms with Gasteiger partial charge in [-0.05, 0) is 59.2 Å². The molecule has 1 saturated heterocycles. The minimum atomic E-state index is -1.15. The highest BCUT2D eigenvalue weighted by molar-refractivity contribution is 5.79. The second kappa shape index (κ2) is 10.5. The average molecular weight is 473 g/mol. The molecule has 3 N–H and O–H groups in total. The van der Waals surface area contributed by atoms with Crippen LogP contribution in [0.5, 0.6) is 0 Å². The molecule has 0 spiro atoms. The second-order valence-corrected chi connectivity index (χ2v) is 9.36. The number of hydrogen-bond acceptors (Lipinski definition) is 5. The second-order valence-electron chi connectivity index (χ2n) is 9.36. The first-order valence-electron chi connectivity index (χ1n) is 12.4. The number of amides is 1. The third-order valence-corrected chi connectivity index (χ3v) is 7.10. The van der Waals surface area contributed by atoms with Crippen LogP contribution in [0.4, 0.5) is 10.5 Å². The van der Waals surface area contributed by atoms with E-state index in [4.69, 9.17) is 4.74 Å². The summed E-state index contributed by atoms with van der Waals surface area (Å²) < 4.78 is 5.52. The molecule has 1 amide bonds. The van der Waals surface area contributed by atoms with Gasteiger partial charge in [0.15, 0.2) is 0 Å². The van der Waals surface area contributed by atoms with E-state index in [1.54, 1.807) is 6.07 Å². The molecule has 2 atom stereocenters. The number of hydrogen-bond donors (Lipinski definition) is 3. The van der Waals surface area contributed by atoms with Crippen LogP contribution in [0, 0.1) is 0 Å². The summed E-state index contributed by atoms with van der Waals surface area (Å²) in [5, 5.41) is 23.8. The minimum Gasteiger partial charge on any atom is -0.449 e. The maximum Gasteiger partial charge on any atom is 0.407 e. The van der Waals surface area contributed by atoms with Gasteiger partial charge in [-0.2, -0.15) is 0 Å². The van der Waals surface area contributed by atoms with Crippen molar-refractivity contribution in [3.8, 4) is 11.1 Å². The number of carbonyl (C=O) groups is 1. The zero-order chi connectivity index (χ0) is 24.2. The van der Waals surface area contributed by atoms with Gasteiger partial charge in [-0.3, -0.25) is 0 Å². The number of piperidine rings is 1. The predicted octanol–water partition coefficient (Wildman–Crippen LogP) is 4.61. The molecule has 35 heavy (non-hydrogen) atoms. The molecule has 1 heterocycles. The van der Waals surface area contributed by atoms with Crippen molar-refractivity contribution in [3.63, 3.8) is 0 Å². The van der Waals surface area contributed by atoms with Crippen molar-refractivity contribution in [2.24, 2.45) is 0 Å². The highest BCUT2D eigenvalue weighted by atomic mass is 16.5. The molecule has 5 rings (SSSR count). The Morgan fingerprint density at radius 3 is 2.26 bits per heavy atom. The largest absolute Gasteiger partial charge is 0.449 e. The number of benzene rings is 3. The molecule has 1 aliphatic carbocycles. The van der Waals surface area contributed by atoms with Crippen molar-refractivity contribution >= 4 is 11.8 Å². The molecule has 6 nitrogen and oxygen atoms in total. The summed E-state index contributed by atoms with van der Waals surface area (Å²) in [7, 11) is 0. The predicted molar refractivity (Wildman–Crippen MR) is 137 cm³/mol. The van der Waals surface area contributed by atoms with E-state index in [2.05, 4.69) is 34.5 Å². The van der Waals surface area contributed by atoms with Gasteiger partial charge in [0.05, 0.1) is 0 Å². The molecule has 182 valence electrons. The number of nitrogens with zero attached hydrogens (tertiary/aromatic N) is 1. The van der Waals surface area contributed by atoms with E-state index in [0.717, 1.165) is 29.9 Å². The lowest BCUT2D eigenvalue weighted by atomic mass is 9.98. The summed E-state index contributed by atoms with van der Waals surface area (Å²) >= 11 is 0. The molecule has 0 aromatic heterocycles. The average Bonchev–Trinajstić information content (AvgIpc) is 3.24. The SMILES string of the molecule is O=C(NCC(O)C(O)c1cccc(N2CCCCC2)c1)OCC1c2ccccc2-c2ccccc21. The first-order valence-corrected chi connectivity index (χ1v) is 12.4. The van der Waals surface area contributed by atoms with Crippen molar-refractivity contribution in [3.05, 3.63) is 89.5 Å². The number of ether oxygens (including phenoxy) is 1. The molecule has 0 saturated carbocycles. The lowest BCUT2D eigenvalue weighted by molar-refractivity contribution is 0.0185. The zero-order valence-corrected chi connectivity index (χ0v) is 19.8. The zero-order valence-electron chi connectivity index (χ0n) is 19.8. The maximum atomic E-state index is 12.4. The fourth-order valence-electron chi connectivity index (χ4n) is 5.23. The Bertz CT molecular complexity index is 1130. The number of alkyl carbamates (subject to hydrolysis) is 1. The molecular weight excluding hydrogens is 440 g/mol. The molecule has 1 fully saturated rings. The van der Waals surface area contributed by atoms with Gasteiger partial charge in [0.25, 0.3) is 0 Å². The molecule has 3 aromatic rings. The quantitative estimate of drug-likeness (QED) is 0.468. The van der Waals surface area contributed by atoms with Crippen molar-refractivity contribution < 1.29 is 19.7 Å². The topological polar surface area (TPSA) is 82.0 Å². The Balaban J connectivity index is 1.15. The van der Waals surface area contributed by atoms with E-state index >= 15 is 0 Å². The summed E-state index contributed by atoms with van der Waals surface area (Å²) in [4.78, 5) is 14.7. The van der Waals surface area contributed by atoms with Gasteiger partial charge in [0, 0.05) is 31.2 Å². The first-order chi connectivity index (χ1) is 17.1. The molecule has 6 heteroatoms. The van der Waals surface area contributed by atoms with E-state index < -0.39 is 18.3 Å². The standard InChI is InChI=1S/C29H32N2O4/c32-27(28(33)20-9-8-10-21(17-20)31-15-6-1-7-16-31)18-30-29(34)35-19-26-24-13-4-2-11-22(24)23-12-3-5-14-25(23)26/h2-5,8-14,17,26-28,32-33H,1,6-7,15-16,18-19H2,(H,30,34). The van der Waals surface area contributed by atoms with Crippen LogP contribution >= 0.6 is 0 Å². The lowest BCUT2D eigenvalue weighted by Crippen LogP contribution is -2.36. The fraction of sp³-hybridized carbons (Fsp3) is 0.345. The van der Waals surface area contributed by atoms with Gasteiger partial charge < -0.3 is 25.2 Å². The van der Waals surface area contributed by atoms with Crippen molar-refractivity contribution in [1.82, 2.24) is 5.32 Å². The summed E-state index contributed by atoms with van der Waals surface area (Å²) in [6.45, 7) is 2.11. The third-order valence-electron chi connectivity index (χ3n) is 7.10. The van der Waals surface area contributed by atoms with Crippen LogP contribution in [-0.4, -0.2) is 48.7 Å². The summed E-state index contributed by atoms with van der Waals surface area (Å²) in [6.07, 6.45) is 0.721. The Morgan fingerprint density at radius 1 is 0.914 bits per heavy atom. The highest BCUT2D eigenvalue weighted by Gasteiger charge is 2.29.